The molecule has 1 aliphatic heterocycles. The van der Waals surface area contributed by atoms with Gasteiger partial charge in [-0.25, -0.2) is 4.98 Å². The molecule has 0 aliphatic carbocycles. The number of methoxy groups -OCH3 is 1. The number of ether oxygens (including phenoxy) is 1. The lowest BCUT2D eigenvalue weighted by molar-refractivity contribution is -0.132. The van der Waals surface area contributed by atoms with E-state index in [2.05, 4.69) is 29.3 Å². The number of nitrogens with zero attached hydrogens (tertiary/aromatic N) is 3. The Morgan fingerprint density at radius 1 is 1.10 bits per heavy atom. The lowest BCUT2D eigenvalue weighted by atomic mass is 10.1. The molecular weight excluding hydrogens is 430 g/mol. The average Bonchev–Trinajstić information content (AvgIpc) is 3.23. The topological polar surface area (TPSA) is 45.7 Å². The third kappa shape index (κ3) is 6.06. The van der Waals surface area contributed by atoms with E-state index in [1.165, 1.54) is 5.56 Å². The van der Waals surface area contributed by atoms with Gasteiger partial charge in [-0.2, -0.15) is 0 Å². The number of hydrogen-bond acceptors (Lipinski definition) is 5. The molecule has 0 atom stereocenters. The highest BCUT2D eigenvalue weighted by molar-refractivity contribution is 7.09. The maximum absolute atomic E-state index is 12.6. The van der Waals surface area contributed by atoms with Crippen LogP contribution in [-0.4, -0.2) is 54.0 Å². The van der Waals surface area contributed by atoms with Gasteiger partial charge in [-0.05, 0) is 36.8 Å². The van der Waals surface area contributed by atoms with Crippen molar-refractivity contribution < 1.29 is 9.53 Å². The first-order valence-corrected chi connectivity index (χ1v) is 11.1. The summed E-state index contributed by atoms with van der Waals surface area (Å²) in [6, 6.07) is 16.2. The third-order valence-electron chi connectivity index (χ3n) is 5.46. The first-order chi connectivity index (χ1) is 14.6. The Labute approximate surface area is 194 Å². The molecule has 31 heavy (non-hydrogen) atoms. The standard InChI is InChI=1S/C24H27N3O2S.ClH/c1-18-4-3-5-19(14-18)15-24(28)27-12-10-26(11-13-27)16-23-25-22(17-30-23)20-6-8-21(29-2)9-7-20;/h3-9,14,17H,10-13,15-16H2,1-2H3;1H. The fraction of sp³-hybridized carbons (Fsp3) is 0.333. The van der Waals surface area contributed by atoms with Crippen LogP contribution < -0.4 is 4.74 Å². The predicted octanol–water partition coefficient (Wildman–Crippen LogP) is 4.44. The van der Waals surface area contributed by atoms with Crippen molar-refractivity contribution in [3.63, 3.8) is 0 Å². The molecule has 0 saturated carbocycles. The number of aromatic nitrogens is 1. The zero-order valence-corrected chi connectivity index (χ0v) is 19.5. The summed E-state index contributed by atoms with van der Waals surface area (Å²) in [6.45, 7) is 6.23. The molecule has 1 amide bonds. The van der Waals surface area contributed by atoms with Gasteiger partial charge in [0.15, 0.2) is 0 Å². The summed E-state index contributed by atoms with van der Waals surface area (Å²) in [4.78, 5) is 21.8. The fourth-order valence-electron chi connectivity index (χ4n) is 3.73. The second kappa shape index (κ2) is 10.8. The van der Waals surface area contributed by atoms with Crippen LogP contribution >= 0.6 is 23.7 Å². The van der Waals surface area contributed by atoms with Gasteiger partial charge in [0.25, 0.3) is 0 Å². The first-order valence-electron chi connectivity index (χ1n) is 10.3. The summed E-state index contributed by atoms with van der Waals surface area (Å²) < 4.78 is 5.22. The Kier molecular flexibility index (Phi) is 8.07. The average molecular weight is 458 g/mol. The third-order valence-corrected chi connectivity index (χ3v) is 6.29. The van der Waals surface area contributed by atoms with E-state index >= 15 is 0 Å². The van der Waals surface area contributed by atoms with Crippen LogP contribution in [0.1, 0.15) is 16.1 Å². The van der Waals surface area contributed by atoms with Crippen molar-refractivity contribution in [3.05, 3.63) is 70.0 Å². The summed E-state index contributed by atoms with van der Waals surface area (Å²) in [5.74, 6) is 1.07. The molecule has 0 spiro atoms. The van der Waals surface area contributed by atoms with Crippen molar-refractivity contribution in [2.45, 2.75) is 19.9 Å². The molecule has 7 heteroatoms. The van der Waals surface area contributed by atoms with E-state index < -0.39 is 0 Å². The molecule has 1 fully saturated rings. The molecule has 0 N–H and O–H groups in total. The summed E-state index contributed by atoms with van der Waals surface area (Å²) in [5, 5.41) is 3.22. The Balaban J connectivity index is 0.00000272. The molecule has 1 aliphatic rings. The fourth-order valence-corrected chi connectivity index (χ4v) is 4.58. The number of hydrogen-bond donors (Lipinski definition) is 0. The van der Waals surface area contributed by atoms with Gasteiger partial charge >= 0.3 is 0 Å². The number of rotatable bonds is 6. The van der Waals surface area contributed by atoms with Crippen LogP contribution in [0.2, 0.25) is 0 Å². The van der Waals surface area contributed by atoms with Crippen molar-refractivity contribution in [1.29, 1.82) is 0 Å². The van der Waals surface area contributed by atoms with Crippen molar-refractivity contribution in [1.82, 2.24) is 14.8 Å². The van der Waals surface area contributed by atoms with E-state index in [9.17, 15) is 4.79 Å². The van der Waals surface area contributed by atoms with Gasteiger partial charge in [-0.15, -0.1) is 23.7 Å². The number of carbonyl (C=O) groups is 1. The lowest BCUT2D eigenvalue weighted by Gasteiger charge is -2.34. The highest BCUT2D eigenvalue weighted by Gasteiger charge is 2.22. The minimum Gasteiger partial charge on any atom is -0.497 e. The van der Waals surface area contributed by atoms with Gasteiger partial charge in [0, 0.05) is 37.1 Å². The van der Waals surface area contributed by atoms with Crippen LogP contribution in [0.4, 0.5) is 0 Å². The maximum atomic E-state index is 12.6. The molecule has 1 saturated heterocycles. The van der Waals surface area contributed by atoms with Gasteiger partial charge in [-0.3, -0.25) is 9.69 Å². The number of piperazine rings is 1. The quantitative estimate of drug-likeness (QED) is 0.549. The summed E-state index contributed by atoms with van der Waals surface area (Å²) >= 11 is 1.69. The zero-order chi connectivity index (χ0) is 20.9. The second-order valence-corrected chi connectivity index (χ2v) is 8.62. The van der Waals surface area contributed by atoms with Crippen molar-refractivity contribution >= 4 is 29.7 Å². The predicted molar refractivity (Wildman–Crippen MR) is 128 cm³/mol. The molecule has 164 valence electrons. The highest BCUT2D eigenvalue weighted by Crippen LogP contribution is 2.25. The van der Waals surface area contributed by atoms with Crippen LogP contribution in [0.5, 0.6) is 5.75 Å². The minimum atomic E-state index is 0. The summed E-state index contributed by atoms with van der Waals surface area (Å²) in [6.07, 6.45) is 0.485. The molecule has 0 unspecified atom stereocenters. The Bertz CT molecular complexity index is 998. The summed E-state index contributed by atoms with van der Waals surface area (Å²) in [7, 11) is 1.67. The number of benzene rings is 2. The van der Waals surface area contributed by atoms with Crippen LogP contribution in [0.3, 0.4) is 0 Å². The summed E-state index contributed by atoms with van der Waals surface area (Å²) in [5.41, 5.74) is 4.40. The smallest absolute Gasteiger partial charge is 0.227 e. The molecule has 3 aromatic rings. The molecule has 5 nitrogen and oxygen atoms in total. The number of thiazole rings is 1. The molecule has 4 rings (SSSR count). The van der Waals surface area contributed by atoms with E-state index in [4.69, 9.17) is 9.72 Å². The van der Waals surface area contributed by atoms with Crippen LogP contribution in [0.15, 0.2) is 53.9 Å². The number of halogens is 1. The van der Waals surface area contributed by atoms with Gasteiger partial charge in [0.05, 0.1) is 25.8 Å². The van der Waals surface area contributed by atoms with Gasteiger partial charge in [0.1, 0.15) is 10.8 Å². The van der Waals surface area contributed by atoms with Crippen LogP contribution in [-0.2, 0) is 17.8 Å². The Morgan fingerprint density at radius 2 is 1.84 bits per heavy atom. The minimum absolute atomic E-state index is 0. The monoisotopic (exact) mass is 457 g/mol. The lowest BCUT2D eigenvalue weighted by Crippen LogP contribution is -2.48. The van der Waals surface area contributed by atoms with E-state index in [1.54, 1.807) is 18.4 Å². The molecule has 0 radical (unpaired) electrons. The largest absolute Gasteiger partial charge is 0.497 e. The Hall–Kier alpha value is -2.41. The molecule has 2 heterocycles. The normalized spacial score (nSPS) is 14.2. The van der Waals surface area contributed by atoms with Gasteiger partial charge in [-0.1, -0.05) is 29.8 Å². The number of amides is 1. The highest BCUT2D eigenvalue weighted by atomic mass is 35.5. The van der Waals surface area contributed by atoms with E-state index in [1.807, 2.05) is 41.3 Å². The SMILES string of the molecule is COc1ccc(-c2csc(CN3CCN(C(=O)Cc4cccc(C)c4)CC3)n2)cc1.Cl. The maximum Gasteiger partial charge on any atom is 0.227 e. The zero-order valence-electron chi connectivity index (χ0n) is 17.9. The van der Waals surface area contributed by atoms with Crippen molar-refractivity contribution in [2.24, 2.45) is 0 Å². The first kappa shape index (κ1) is 23.3. The van der Waals surface area contributed by atoms with Gasteiger partial charge < -0.3 is 9.64 Å². The van der Waals surface area contributed by atoms with Crippen molar-refractivity contribution in [2.75, 3.05) is 33.3 Å². The van der Waals surface area contributed by atoms with Crippen LogP contribution in [0, 0.1) is 6.92 Å². The van der Waals surface area contributed by atoms with E-state index in [0.29, 0.717) is 6.42 Å². The van der Waals surface area contributed by atoms with E-state index in [0.717, 1.165) is 60.3 Å². The Morgan fingerprint density at radius 3 is 2.52 bits per heavy atom. The number of aryl methyl sites for hydroxylation is 1. The second-order valence-electron chi connectivity index (χ2n) is 7.68. The molecule has 2 aromatic carbocycles. The molecule has 1 aromatic heterocycles. The molecular formula is C24H28ClN3O2S. The molecule has 0 bridgehead atoms. The van der Waals surface area contributed by atoms with Crippen LogP contribution in [0.25, 0.3) is 11.3 Å². The van der Waals surface area contributed by atoms with Gasteiger partial charge in [0.2, 0.25) is 5.91 Å². The van der Waals surface area contributed by atoms with Crippen molar-refractivity contribution in [3.8, 4) is 17.0 Å². The number of carbonyl (C=O) groups excluding carboxylic acids is 1. The van der Waals surface area contributed by atoms with E-state index in [-0.39, 0.29) is 18.3 Å².